The largest absolute Gasteiger partial charge is 0.398 e. The molecule has 1 aromatic heterocycles. The second-order valence-corrected chi connectivity index (χ2v) is 3.01. The summed E-state index contributed by atoms with van der Waals surface area (Å²) in [6.45, 7) is 0. The van der Waals surface area contributed by atoms with Crippen molar-refractivity contribution in [2.24, 2.45) is 7.05 Å². The highest BCUT2D eigenvalue weighted by Gasteiger charge is 2.00. The molecule has 0 fully saturated rings. The molecule has 0 saturated carbocycles. The Kier molecular flexibility index (Phi) is 2.81. The van der Waals surface area contributed by atoms with Gasteiger partial charge < -0.3 is 10.3 Å². The van der Waals surface area contributed by atoms with Gasteiger partial charge in [0.2, 0.25) is 0 Å². The first kappa shape index (κ1) is 10.6. The number of hydrogen-bond donors (Lipinski definition) is 1. The third kappa shape index (κ3) is 1.46. The Bertz CT molecular complexity index is 519. The molecule has 0 amide bonds. The summed E-state index contributed by atoms with van der Waals surface area (Å²) in [5.74, 6) is 0. The Morgan fingerprint density at radius 2 is 1.93 bits per heavy atom. The number of hydrogen-bond acceptors (Lipinski definition) is 2. The Hall–Kier alpha value is -1.48. The zero-order valence-corrected chi connectivity index (χ0v) is 8.54. The molecule has 0 atom stereocenters. The van der Waals surface area contributed by atoms with Gasteiger partial charge in [-0.05, 0) is 18.2 Å². The van der Waals surface area contributed by atoms with Crippen LogP contribution in [-0.2, 0) is 7.05 Å². The fraction of sp³-hybridized carbons (Fsp3) is 0.100. The van der Waals surface area contributed by atoms with Crippen molar-refractivity contribution in [3.05, 3.63) is 40.7 Å². The highest BCUT2D eigenvalue weighted by atomic mass is 35.5. The van der Waals surface area contributed by atoms with Crippen molar-refractivity contribution in [2.45, 2.75) is 0 Å². The fourth-order valence-corrected chi connectivity index (χ4v) is 1.43. The van der Waals surface area contributed by atoms with E-state index in [2.05, 4.69) is 0 Å². The number of nitrogens with two attached hydrogens (primary N) is 1. The molecule has 0 bridgehead atoms. The lowest BCUT2D eigenvalue weighted by Gasteiger charge is -2.05. The molecule has 0 aliphatic heterocycles. The minimum Gasteiger partial charge on any atom is -0.398 e. The lowest BCUT2D eigenvalue weighted by Crippen LogP contribution is -2.15. The first-order chi connectivity index (χ1) is 6.20. The van der Waals surface area contributed by atoms with Gasteiger partial charge in [0.05, 0.1) is 5.52 Å². The smallest absolute Gasteiger partial charge is 0.250 e. The number of aromatic nitrogens is 1. The highest BCUT2D eigenvalue weighted by Crippen LogP contribution is 2.17. The predicted octanol–water partition coefficient (Wildman–Crippen LogP) is 1.54. The third-order valence-corrected chi connectivity index (χ3v) is 2.20. The minimum absolute atomic E-state index is 0. The van der Waals surface area contributed by atoms with E-state index < -0.39 is 0 Å². The topological polar surface area (TPSA) is 48.0 Å². The molecular formula is C10H11ClN2O. The molecule has 0 aliphatic carbocycles. The van der Waals surface area contributed by atoms with E-state index >= 15 is 0 Å². The van der Waals surface area contributed by atoms with Gasteiger partial charge in [0.1, 0.15) is 0 Å². The summed E-state index contributed by atoms with van der Waals surface area (Å²) in [6, 6.07) is 8.84. The molecule has 2 rings (SSSR count). The van der Waals surface area contributed by atoms with Crippen molar-refractivity contribution in [3.8, 4) is 0 Å². The average molecular weight is 211 g/mol. The summed E-state index contributed by atoms with van der Waals surface area (Å²) in [5, 5.41) is 0.921. The van der Waals surface area contributed by atoms with Crippen LogP contribution in [0.4, 0.5) is 5.69 Å². The van der Waals surface area contributed by atoms with Crippen molar-refractivity contribution < 1.29 is 0 Å². The molecule has 1 aromatic carbocycles. The summed E-state index contributed by atoms with van der Waals surface area (Å²) >= 11 is 0. The number of benzene rings is 1. The summed E-state index contributed by atoms with van der Waals surface area (Å²) in [6.07, 6.45) is 0. The molecule has 0 spiro atoms. The van der Waals surface area contributed by atoms with Crippen molar-refractivity contribution in [1.29, 1.82) is 0 Å². The van der Waals surface area contributed by atoms with Gasteiger partial charge in [-0.3, -0.25) is 4.79 Å². The van der Waals surface area contributed by atoms with Crippen molar-refractivity contribution in [3.63, 3.8) is 0 Å². The zero-order valence-electron chi connectivity index (χ0n) is 7.73. The van der Waals surface area contributed by atoms with Crippen LogP contribution in [0.1, 0.15) is 0 Å². The van der Waals surface area contributed by atoms with Gasteiger partial charge in [-0.2, -0.15) is 0 Å². The van der Waals surface area contributed by atoms with E-state index in [4.69, 9.17) is 5.73 Å². The quantitative estimate of drug-likeness (QED) is 0.671. The zero-order chi connectivity index (χ0) is 9.42. The predicted molar refractivity (Wildman–Crippen MR) is 60.8 cm³/mol. The molecule has 2 aromatic rings. The van der Waals surface area contributed by atoms with Crippen LogP contribution in [0, 0.1) is 0 Å². The Morgan fingerprint density at radius 1 is 1.21 bits per heavy atom. The second-order valence-electron chi connectivity index (χ2n) is 3.01. The van der Waals surface area contributed by atoms with Gasteiger partial charge >= 0.3 is 0 Å². The van der Waals surface area contributed by atoms with E-state index in [0.717, 1.165) is 10.9 Å². The first-order valence-electron chi connectivity index (χ1n) is 4.04. The molecule has 74 valence electrons. The lowest BCUT2D eigenvalue weighted by atomic mass is 10.2. The monoisotopic (exact) mass is 210 g/mol. The molecule has 1 heterocycles. The molecule has 3 nitrogen and oxygen atoms in total. The number of nitrogen functional groups attached to an aromatic ring is 1. The Balaban J connectivity index is 0.000000980. The van der Waals surface area contributed by atoms with Crippen LogP contribution in [0.15, 0.2) is 35.1 Å². The molecule has 2 N–H and O–H groups in total. The van der Waals surface area contributed by atoms with Crippen LogP contribution in [-0.4, -0.2) is 4.57 Å². The summed E-state index contributed by atoms with van der Waals surface area (Å²) in [4.78, 5) is 11.3. The molecule has 0 aliphatic rings. The van der Waals surface area contributed by atoms with Crippen molar-refractivity contribution in [1.82, 2.24) is 4.57 Å². The second kappa shape index (κ2) is 3.72. The molecule has 0 radical (unpaired) electrons. The van der Waals surface area contributed by atoms with E-state index in [1.165, 1.54) is 6.07 Å². The number of nitrogens with zero attached hydrogens (tertiary/aromatic N) is 1. The van der Waals surface area contributed by atoms with Gasteiger partial charge in [0.15, 0.2) is 0 Å². The van der Waals surface area contributed by atoms with E-state index in [1.54, 1.807) is 17.7 Å². The van der Waals surface area contributed by atoms with Crippen LogP contribution in [0.3, 0.4) is 0 Å². The third-order valence-electron chi connectivity index (χ3n) is 2.20. The molecule has 0 saturated heterocycles. The van der Waals surface area contributed by atoms with Crippen LogP contribution in [0.2, 0.25) is 0 Å². The van der Waals surface area contributed by atoms with E-state index in [0.29, 0.717) is 5.69 Å². The normalized spacial score (nSPS) is 9.79. The van der Waals surface area contributed by atoms with E-state index in [-0.39, 0.29) is 18.0 Å². The fourth-order valence-electron chi connectivity index (χ4n) is 1.43. The average Bonchev–Trinajstić information content (AvgIpc) is 2.12. The van der Waals surface area contributed by atoms with Crippen LogP contribution >= 0.6 is 12.4 Å². The van der Waals surface area contributed by atoms with Crippen LogP contribution in [0.5, 0.6) is 0 Å². The number of aryl methyl sites for hydroxylation is 1. The number of fused-ring (bicyclic) bond motifs is 1. The van der Waals surface area contributed by atoms with E-state index in [1.807, 2.05) is 18.2 Å². The molecule has 14 heavy (non-hydrogen) atoms. The highest BCUT2D eigenvalue weighted by molar-refractivity contribution is 5.90. The van der Waals surface area contributed by atoms with E-state index in [9.17, 15) is 4.79 Å². The summed E-state index contributed by atoms with van der Waals surface area (Å²) in [7, 11) is 1.74. The van der Waals surface area contributed by atoms with Crippen LogP contribution in [0.25, 0.3) is 10.9 Å². The Morgan fingerprint density at radius 3 is 2.64 bits per heavy atom. The molecular weight excluding hydrogens is 200 g/mol. The van der Waals surface area contributed by atoms with Gasteiger partial charge in [-0.25, -0.2) is 0 Å². The van der Waals surface area contributed by atoms with Gasteiger partial charge in [-0.15, -0.1) is 12.4 Å². The van der Waals surface area contributed by atoms with Crippen molar-refractivity contribution in [2.75, 3.05) is 5.73 Å². The van der Waals surface area contributed by atoms with Crippen LogP contribution < -0.4 is 11.3 Å². The maximum Gasteiger partial charge on any atom is 0.250 e. The number of rotatable bonds is 0. The summed E-state index contributed by atoms with van der Waals surface area (Å²) < 4.78 is 1.59. The number of halogens is 1. The maximum atomic E-state index is 11.3. The maximum absolute atomic E-state index is 11.3. The van der Waals surface area contributed by atoms with Gasteiger partial charge in [-0.1, -0.05) is 6.07 Å². The minimum atomic E-state index is -0.0156. The Labute approximate surface area is 87.6 Å². The van der Waals surface area contributed by atoms with Gasteiger partial charge in [0, 0.05) is 24.2 Å². The van der Waals surface area contributed by atoms with Gasteiger partial charge in [0.25, 0.3) is 5.56 Å². The SMILES string of the molecule is Cl.Cn1c(=O)ccc2c(N)cccc21. The lowest BCUT2D eigenvalue weighted by molar-refractivity contribution is 0.906. The van der Waals surface area contributed by atoms with Crippen molar-refractivity contribution >= 4 is 29.0 Å². The number of anilines is 1. The first-order valence-corrected chi connectivity index (χ1v) is 4.04. The molecule has 0 unspecified atom stereocenters. The molecule has 4 heteroatoms. The summed E-state index contributed by atoms with van der Waals surface area (Å²) in [5.41, 5.74) is 7.31. The standard InChI is InChI=1S/C10H10N2O.ClH/c1-12-9-4-2-3-8(11)7(9)5-6-10(12)13;/h2-6H,11H2,1H3;1H. The number of pyridine rings is 1.